The Bertz CT molecular complexity index is 620. The Hall–Kier alpha value is -2.18. The van der Waals surface area contributed by atoms with Crippen LogP contribution in [0.25, 0.3) is 0 Å². The number of para-hydroxylation sites is 1. The van der Waals surface area contributed by atoms with Crippen molar-refractivity contribution >= 4 is 29.0 Å². The van der Waals surface area contributed by atoms with Gasteiger partial charge in [0.15, 0.2) is 0 Å². The second kappa shape index (κ2) is 5.64. The monoisotopic (exact) mass is 280 g/mol. The van der Waals surface area contributed by atoms with Gasteiger partial charge in [0.2, 0.25) is 0 Å². The fraction of sp³-hybridized carbons (Fsp3) is 0. The van der Waals surface area contributed by atoms with E-state index in [9.17, 15) is 9.18 Å². The van der Waals surface area contributed by atoms with Crippen molar-refractivity contribution in [2.75, 3.05) is 10.7 Å². The van der Waals surface area contributed by atoms with Crippen LogP contribution in [0, 0.1) is 5.82 Å². The summed E-state index contributed by atoms with van der Waals surface area (Å²) in [5.74, 6) is 4.41. The van der Waals surface area contributed by atoms with Crippen LogP contribution < -0.4 is 16.6 Å². The minimum absolute atomic E-state index is 0.0858. The SMILES string of the molecule is NNc1cc(C(=O)Nc2ccccc2F)cc(Cl)n1. The first-order valence-electron chi connectivity index (χ1n) is 5.30. The second-order valence-corrected chi connectivity index (χ2v) is 4.03. The van der Waals surface area contributed by atoms with Crippen LogP contribution in [0.15, 0.2) is 36.4 Å². The van der Waals surface area contributed by atoms with Gasteiger partial charge in [-0.05, 0) is 24.3 Å². The predicted molar refractivity (Wildman–Crippen MR) is 71.4 cm³/mol. The molecule has 0 unspecified atom stereocenters. The van der Waals surface area contributed by atoms with Crippen LogP contribution in [-0.2, 0) is 0 Å². The summed E-state index contributed by atoms with van der Waals surface area (Å²) >= 11 is 5.75. The maximum absolute atomic E-state index is 13.4. The van der Waals surface area contributed by atoms with Gasteiger partial charge in [0, 0.05) is 5.56 Å². The van der Waals surface area contributed by atoms with E-state index >= 15 is 0 Å². The number of anilines is 2. The number of halogens is 2. The van der Waals surface area contributed by atoms with Crippen LogP contribution in [0.3, 0.4) is 0 Å². The number of hydrogen-bond donors (Lipinski definition) is 3. The fourth-order valence-electron chi connectivity index (χ4n) is 1.46. The number of nitrogens with zero attached hydrogens (tertiary/aromatic N) is 1. The molecule has 1 aromatic carbocycles. The number of nitrogen functional groups attached to an aromatic ring is 1. The van der Waals surface area contributed by atoms with Crippen molar-refractivity contribution in [2.45, 2.75) is 0 Å². The number of benzene rings is 1. The van der Waals surface area contributed by atoms with E-state index in [2.05, 4.69) is 15.7 Å². The molecule has 0 spiro atoms. The molecule has 0 saturated carbocycles. The highest BCUT2D eigenvalue weighted by atomic mass is 35.5. The Kier molecular flexibility index (Phi) is 3.94. The average molecular weight is 281 g/mol. The first kappa shape index (κ1) is 13.3. The molecule has 98 valence electrons. The lowest BCUT2D eigenvalue weighted by molar-refractivity contribution is 0.102. The van der Waals surface area contributed by atoms with Crippen molar-refractivity contribution in [1.29, 1.82) is 0 Å². The average Bonchev–Trinajstić information content (AvgIpc) is 2.40. The molecular formula is C12H10ClFN4O. The van der Waals surface area contributed by atoms with Gasteiger partial charge in [-0.1, -0.05) is 23.7 Å². The van der Waals surface area contributed by atoms with Gasteiger partial charge < -0.3 is 10.7 Å². The standard InChI is InChI=1S/C12H10ClFN4O/c13-10-5-7(6-11(17-10)18-15)12(19)16-9-4-2-1-3-8(9)14/h1-6H,15H2,(H,16,19)(H,17,18). The molecule has 0 atom stereocenters. The molecule has 0 bridgehead atoms. The van der Waals surface area contributed by atoms with Gasteiger partial charge in [0.25, 0.3) is 5.91 Å². The topological polar surface area (TPSA) is 80.0 Å². The highest BCUT2D eigenvalue weighted by Gasteiger charge is 2.11. The third kappa shape index (κ3) is 3.18. The predicted octanol–water partition coefficient (Wildman–Crippen LogP) is 2.41. The largest absolute Gasteiger partial charge is 0.319 e. The molecule has 4 N–H and O–H groups in total. The van der Waals surface area contributed by atoms with E-state index in [0.717, 1.165) is 0 Å². The number of hydrazine groups is 1. The van der Waals surface area contributed by atoms with Gasteiger partial charge in [-0.2, -0.15) is 0 Å². The lowest BCUT2D eigenvalue weighted by Gasteiger charge is -2.07. The molecule has 1 heterocycles. The number of rotatable bonds is 3. The van der Waals surface area contributed by atoms with Gasteiger partial charge in [-0.15, -0.1) is 0 Å². The molecule has 1 amide bonds. The van der Waals surface area contributed by atoms with E-state index < -0.39 is 11.7 Å². The van der Waals surface area contributed by atoms with Crippen molar-refractivity contribution in [1.82, 2.24) is 4.98 Å². The van der Waals surface area contributed by atoms with Gasteiger partial charge in [0.05, 0.1) is 5.69 Å². The van der Waals surface area contributed by atoms with E-state index in [1.807, 2.05) is 0 Å². The normalized spacial score (nSPS) is 10.1. The molecule has 2 aromatic rings. The molecular weight excluding hydrogens is 271 g/mol. The zero-order chi connectivity index (χ0) is 13.8. The van der Waals surface area contributed by atoms with Crippen molar-refractivity contribution in [3.8, 4) is 0 Å². The zero-order valence-corrected chi connectivity index (χ0v) is 10.4. The number of carbonyl (C=O) groups excluding carboxylic acids is 1. The summed E-state index contributed by atoms with van der Waals surface area (Å²) < 4.78 is 13.4. The summed E-state index contributed by atoms with van der Waals surface area (Å²) in [6.07, 6.45) is 0. The molecule has 0 radical (unpaired) electrons. The van der Waals surface area contributed by atoms with Gasteiger partial charge >= 0.3 is 0 Å². The van der Waals surface area contributed by atoms with E-state index in [-0.39, 0.29) is 22.2 Å². The quantitative estimate of drug-likeness (QED) is 0.458. The highest BCUT2D eigenvalue weighted by molar-refractivity contribution is 6.30. The number of hydrogen-bond acceptors (Lipinski definition) is 4. The maximum Gasteiger partial charge on any atom is 0.255 e. The van der Waals surface area contributed by atoms with E-state index in [4.69, 9.17) is 17.4 Å². The van der Waals surface area contributed by atoms with Crippen LogP contribution in [0.1, 0.15) is 10.4 Å². The summed E-state index contributed by atoms with van der Waals surface area (Å²) in [6, 6.07) is 8.62. The minimum Gasteiger partial charge on any atom is -0.319 e. The van der Waals surface area contributed by atoms with Crippen molar-refractivity contribution < 1.29 is 9.18 Å². The molecule has 1 aromatic heterocycles. The molecule has 0 aliphatic carbocycles. The first-order valence-corrected chi connectivity index (χ1v) is 5.68. The van der Waals surface area contributed by atoms with Gasteiger partial charge in [0.1, 0.15) is 16.8 Å². The van der Waals surface area contributed by atoms with Crippen molar-refractivity contribution in [3.63, 3.8) is 0 Å². The first-order chi connectivity index (χ1) is 9.10. The number of amides is 1. The summed E-state index contributed by atoms with van der Waals surface area (Å²) in [4.78, 5) is 15.8. The number of pyridine rings is 1. The summed E-state index contributed by atoms with van der Waals surface area (Å²) in [5.41, 5.74) is 2.59. The number of aromatic nitrogens is 1. The minimum atomic E-state index is -0.520. The zero-order valence-electron chi connectivity index (χ0n) is 9.65. The number of carbonyl (C=O) groups is 1. The Morgan fingerprint density at radius 2 is 2.05 bits per heavy atom. The van der Waals surface area contributed by atoms with E-state index in [1.54, 1.807) is 6.07 Å². The molecule has 0 aliphatic rings. The van der Waals surface area contributed by atoms with Crippen LogP contribution in [0.2, 0.25) is 5.15 Å². The molecule has 0 aliphatic heterocycles. The molecule has 7 heteroatoms. The van der Waals surface area contributed by atoms with E-state index in [1.165, 1.54) is 30.3 Å². The molecule has 5 nitrogen and oxygen atoms in total. The van der Waals surface area contributed by atoms with E-state index in [0.29, 0.717) is 0 Å². The van der Waals surface area contributed by atoms with Crippen molar-refractivity contribution in [3.05, 3.63) is 52.9 Å². The van der Waals surface area contributed by atoms with Crippen LogP contribution >= 0.6 is 11.6 Å². The number of nitrogens with two attached hydrogens (primary N) is 1. The molecule has 0 fully saturated rings. The Balaban J connectivity index is 2.25. The third-order valence-corrected chi connectivity index (χ3v) is 2.52. The van der Waals surface area contributed by atoms with Crippen LogP contribution in [-0.4, -0.2) is 10.9 Å². The summed E-state index contributed by atoms with van der Waals surface area (Å²) in [7, 11) is 0. The van der Waals surface area contributed by atoms with Gasteiger partial charge in [-0.3, -0.25) is 4.79 Å². The third-order valence-electron chi connectivity index (χ3n) is 2.33. The Morgan fingerprint density at radius 1 is 1.32 bits per heavy atom. The molecule has 19 heavy (non-hydrogen) atoms. The highest BCUT2D eigenvalue weighted by Crippen LogP contribution is 2.17. The smallest absolute Gasteiger partial charge is 0.255 e. The Labute approximate surface area is 113 Å². The Morgan fingerprint density at radius 3 is 2.74 bits per heavy atom. The lowest BCUT2D eigenvalue weighted by Crippen LogP contribution is -2.15. The lowest BCUT2D eigenvalue weighted by atomic mass is 10.2. The van der Waals surface area contributed by atoms with Gasteiger partial charge in [-0.25, -0.2) is 15.2 Å². The van der Waals surface area contributed by atoms with Crippen LogP contribution in [0.5, 0.6) is 0 Å². The van der Waals surface area contributed by atoms with Crippen molar-refractivity contribution in [2.24, 2.45) is 5.84 Å². The maximum atomic E-state index is 13.4. The molecule has 2 rings (SSSR count). The molecule has 0 saturated heterocycles. The fourth-order valence-corrected chi connectivity index (χ4v) is 1.67. The second-order valence-electron chi connectivity index (χ2n) is 3.64. The number of nitrogens with one attached hydrogen (secondary N) is 2. The summed E-state index contributed by atoms with van der Waals surface area (Å²) in [6.45, 7) is 0. The summed E-state index contributed by atoms with van der Waals surface area (Å²) in [5, 5.41) is 2.54. The van der Waals surface area contributed by atoms with Crippen LogP contribution in [0.4, 0.5) is 15.9 Å².